The molecule has 1 aromatic carbocycles. The molecule has 0 saturated carbocycles. The van der Waals surface area contributed by atoms with Gasteiger partial charge in [-0.15, -0.1) is 0 Å². The quantitative estimate of drug-likeness (QED) is 0.731. The predicted molar refractivity (Wildman–Crippen MR) is 54.3 cm³/mol. The average Bonchev–Trinajstić information content (AvgIpc) is 2.55. The lowest BCUT2D eigenvalue weighted by molar-refractivity contribution is 0.475. The monoisotopic (exact) mass is 188 g/mol. The highest BCUT2D eigenvalue weighted by atomic mass is 16.3. The largest absolute Gasteiger partial charge is 0.508 e. The van der Waals surface area contributed by atoms with Crippen LogP contribution in [0.5, 0.6) is 5.75 Å². The van der Waals surface area contributed by atoms with Crippen molar-refractivity contribution in [2.24, 2.45) is 0 Å². The normalized spacial score (nSPS) is 19.1. The maximum atomic E-state index is 9.36. The van der Waals surface area contributed by atoms with Crippen molar-refractivity contribution in [1.29, 1.82) is 5.26 Å². The van der Waals surface area contributed by atoms with E-state index >= 15 is 0 Å². The summed E-state index contributed by atoms with van der Waals surface area (Å²) < 4.78 is 0. The van der Waals surface area contributed by atoms with Gasteiger partial charge in [-0.25, -0.2) is 0 Å². The number of likely N-dealkylation sites (N-methyl/N-ethyl adjacent to an activating group) is 1. The minimum atomic E-state index is -0.0504. The van der Waals surface area contributed by atoms with E-state index in [-0.39, 0.29) is 11.7 Å². The first-order chi connectivity index (χ1) is 6.76. The molecule has 0 aliphatic carbocycles. The molecule has 0 spiro atoms. The Bertz CT molecular complexity index is 395. The Morgan fingerprint density at radius 1 is 1.64 bits per heavy atom. The lowest BCUT2D eigenvalue weighted by Crippen LogP contribution is -2.20. The number of aromatic hydroxyl groups is 1. The van der Waals surface area contributed by atoms with Crippen molar-refractivity contribution in [2.75, 3.05) is 18.0 Å². The number of nitrogens with zero attached hydrogens (tertiary/aromatic N) is 2. The molecule has 0 fully saturated rings. The summed E-state index contributed by atoms with van der Waals surface area (Å²) in [5, 5.41) is 18.3. The van der Waals surface area contributed by atoms with E-state index in [1.165, 1.54) is 0 Å². The molecule has 1 aromatic rings. The van der Waals surface area contributed by atoms with Crippen LogP contribution < -0.4 is 4.90 Å². The molecule has 1 atom stereocenters. The second-order valence-corrected chi connectivity index (χ2v) is 3.46. The van der Waals surface area contributed by atoms with Gasteiger partial charge < -0.3 is 10.0 Å². The Kier molecular flexibility index (Phi) is 2.05. The molecule has 1 N–H and O–H groups in total. The van der Waals surface area contributed by atoms with Gasteiger partial charge in [-0.1, -0.05) is 6.07 Å². The van der Waals surface area contributed by atoms with Crippen molar-refractivity contribution in [3.05, 3.63) is 23.8 Å². The number of rotatable bonds is 1. The number of nitriles is 1. The van der Waals surface area contributed by atoms with Crippen molar-refractivity contribution in [3.8, 4) is 11.8 Å². The molecule has 1 unspecified atom stereocenters. The fraction of sp³-hybridized carbons (Fsp3) is 0.364. The third-order valence-electron chi connectivity index (χ3n) is 2.67. The lowest BCUT2D eigenvalue weighted by atomic mass is 10.0. The molecular formula is C11H12N2O. The van der Waals surface area contributed by atoms with Crippen LogP contribution in [0, 0.1) is 11.3 Å². The van der Waals surface area contributed by atoms with Gasteiger partial charge in [-0.3, -0.25) is 0 Å². The molecule has 3 nitrogen and oxygen atoms in total. The lowest BCUT2D eigenvalue weighted by Gasteiger charge is -2.16. The molecule has 14 heavy (non-hydrogen) atoms. The fourth-order valence-corrected chi connectivity index (χ4v) is 1.93. The third kappa shape index (κ3) is 1.20. The molecule has 2 rings (SSSR count). The van der Waals surface area contributed by atoms with Crippen LogP contribution in [0.3, 0.4) is 0 Å². The Labute approximate surface area is 83.2 Å². The van der Waals surface area contributed by atoms with Crippen LogP contribution in [-0.2, 0) is 0 Å². The van der Waals surface area contributed by atoms with Crippen LogP contribution in [0.4, 0.5) is 5.69 Å². The summed E-state index contributed by atoms with van der Waals surface area (Å²) in [4.78, 5) is 2.11. The van der Waals surface area contributed by atoms with Gasteiger partial charge >= 0.3 is 0 Å². The Balaban J connectivity index is 2.49. The number of fused-ring (bicyclic) bond motifs is 1. The van der Waals surface area contributed by atoms with E-state index in [1.54, 1.807) is 12.1 Å². The summed E-state index contributed by atoms with van der Waals surface area (Å²) >= 11 is 0. The number of phenols is 1. The van der Waals surface area contributed by atoms with E-state index in [1.807, 2.05) is 13.0 Å². The van der Waals surface area contributed by atoms with Crippen molar-refractivity contribution >= 4 is 5.69 Å². The standard InChI is InChI=1S/C11H12N2O/c1-2-13-7-8(6-12)10-4-3-9(14)5-11(10)13/h3-5,8,14H,2,7H2,1H3. The first-order valence-electron chi connectivity index (χ1n) is 4.73. The first kappa shape index (κ1) is 8.89. The number of phenolic OH excluding ortho intramolecular Hbond substituents is 1. The van der Waals surface area contributed by atoms with E-state index in [0.29, 0.717) is 0 Å². The molecule has 0 saturated heterocycles. The number of hydrogen-bond acceptors (Lipinski definition) is 3. The average molecular weight is 188 g/mol. The van der Waals surface area contributed by atoms with Crippen LogP contribution in [0.15, 0.2) is 18.2 Å². The molecule has 0 bridgehead atoms. The van der Waals surface area contributed by atoms with Gasteiger partial charge in [0.25, 0.3) is 0 Å². The Hall–Kier alpha value is -1.69. The van der Waals surface area contributed by atoms with Crippen LogP contribution in [0.2, 0.25) is 0 Å². The van der Waals surface area contributed by atoms with Gasteiger partial charge in [-0.2, -0.15) is 5.26 Å². The first-order valence-corrected chi connectivity index (χ1v) is 4.73. The van der Waals surface area contributed by atoms with Crippen molar-refractivity contribution < 1.29 is 5.11 Å². The topological polar surface area (TPSA) is 47.3 Å². The van der Waals surface area contributed by atoms with Gasteiger partial charge in [0.05, 0.1) is 12.0 Å². The zero-order valence-electron chi connectivity index (χ0n) is 8.07. The van der Waals surface area contributed by atoms with Crippen LogP contribution >= 0.6 is 0 Å². The highest BCUT2D eigenvalue weighted by molar-refractivity contribution is 5.64. The molecule has 1 aliphatic rings. The van der Waals surface area contributed by atoms with Gasteiger partial charge in [-0.05, 0) is 18.6 Å². The van der Waals surface area contributed by atoms with Crippen molar-refractivity contribution in [1.82, 2.24) is 0 Å². The van der Waals surface area contributed by atoms with Crippen LogP contribution in [0.25, 0.3) is 0 Å². The summed E-state index contributed by atoms with van der Waals surface area (Å²) in [5.41, 5.74) is 2.03. The summed E-state index contributed by atoms with van der Waals surface area (Å²) in [6, 6.07) is 7.50. The smallest absolute Gasteiger partial charge is 0.117 e. The van der Waals surface area contributed by atoms with E-state index < -0.39 is 0 Å². The zero-order valence-corrected chi connectivity index (χ0v) is 8.07. The third-order valence-corrected chi connectivity index (χ3v) is 2.67. The van der Waals surface area contributed by atoms with Gasteiger partial charge in [0.2, 0.25) is 0 Å². The summed E-state index contributed by atoms with van der Waals surface area (Å²) in [5.74, 6) is 0.214. The Morgan fingerprint density at radius 3 is 3.07 bits per heavy atom. The number of benzene rings is 1. The molecule has 0 radical (unpaired) electrons. The highest BCUT2D eigenvalue weighted by Gasteiger charge is 2.27. The minimum Gasteiger partial charge on any atom is -0.508 e. The Morgan fingerprint density at radius 2 is 2.43 bits per heavy atom. The molecule has 3 heteroatoms. The molecule has 72 valence electrons. The van der Waals surface area contributed by atoms with E-state index in [9.17, 15) is 5.11 Å². The molecule has 0 aromatic heterocycles. The summed E-state index contributed by atoms with van der Waals surface area (Å²) in [7, 11) is 0. The SMILES string of the molecule is CCN1CC(C#N)c2ccc(O)cc21. The maximum absolute atomic E-state index is 9.36. The fourth-order valence-electron chi connectivity index (χ4n) is 1.93. The minimum absolute atomic E-state index is 0.0504. The summed E-state index contributed by atoms with van der Waals surface area (Å²) in [6.45, 7) is 3.66. The van der Waals surface area contributed by atoms with Crippen molar-refractivity contribution in [3.63, 3.8) is 0 Å². The van der Waals surface area contributed by atoms with E-state index in [4.69, 9.17) is 5.26 Å². The number of anilines is 1. The second-order valence-electron chi connectivity index (χ2n) is 3.46. The predicted octanol–water partition coefficient (Wildman–Crippen LogP) is 1.84. The van der Waals surface area contributed by atoms with Crippen LogP contribution in [0.1, 0.15) is 18.4 Å². The van der Waals surface area contributed by atoms with Crippen molar-refractivity contribution in [2.45, 2.75) is 12.8 Å². The van der Waals surface area contributed by atoms with Crippen LogP contribution in [-0.4, -0.2) is 18.2 Å². The number of hydrogen-bond donors (Lipinski definition) is 1. The summed E-state index contributed by atoms with van der Waals surface area (Å²) in [6.07, 6.45) is 0. The van der Waals surface area contributed by atoms with Gasteiger partial charge in [0.15, 0.2) is 0 Å². The van der Waals surface area contributed by atoms with Gasteiger partial charge in [0.1, 0.15) is 5.75 Å². The maximum Gasteiger partial charge on any atom is 0.117 e. The molecular weight excluding hydrogens is 176 g/mol. The molecule has 1 heterocycles. The molecule has 1 aliphatic heterocycles. The highest BCUT2D eigenvalue weighted by Crippen LogP contribution is 2.37. The zero-order chi connectivity index (χ0) is 10.1. The van der Waals surface area contributed by atoms with E-state index in [0.717, 1.165) is 24.3 Å². The second kappa shape index (κ2) is 3.22. The molecule has 0 amide bonds. The van der Waals surface area contributed by atoms with Gasteiger partial charge in [0, 0.05) is 24.8 Å². The van der Waals surface area contributed by atoms with E-state index in [2.05, 4.69) is 11.0 Å².